The van der Waals surface area contributed by atoms with Crippen molar-refractivity contribution in [1.29, 1.82) is 5.41 Å². The molecular formula is C12H14N2S. The molecule has 0 saturated heterocycles. The molecule has 0 spiro atoms. The van der Waals surface area contributed by atoms with Gasteiger partial charge in [-0.15, -0.1) is 11.3 Å². The van der Waals surface area contributed by atoms with Crippen molar-refractivity contribution in [3.8, 4) is 0 Å². The molecule has 0 aliphatic heterocycles. The third-order valence-corrected chi connectivity index (χ3v) is 3.62. The second kappa shape index (κ2) is 3.66. The molecule has 1 aromatic heterocycles. The summed E-state index contributed by atoms with van der Waals surface area (Å²) in [6.45, 7) is 4.36. The van der Waals surface area contributed by atoms with Crippen LogP contribution < -0.4 is 5.73 Å². The molecule has 0 saturated carbocycles. The first-order valence-corrected chi connectivity index (χ1v) is 5.77. The summed E-state index contributed by atoms with van der Waals surface area (Å²) < 4.78 is 1.20. The summed E-state index contributed by atoms with van der Waals surface area (Å²) in [6.07, 6.45) is 0. The van der Waals surface area contributed by atoms with Crippen molar-refractivity contribution in [3.63, 3.8) is 0 Å². The first kappa shape index (κ1) is 10.2. The smallest absolute Gasteiger partial charge is 0.133 e. The molecule has 2 nitrogen and oxygen atoms in total. The number of amidine groups is 1. The molecule has 0 fully saturated rings. The van der Waals surface area contributed by atoms with E-state index in [2.05, 4.69) is 32.0 Å². The zero-order chi connectivity index (χ0) is 11.0. The molecular weight excluding hydrogens is 204 g/mol. The largest absolute Gasteiger partial charge is 0.383 e. The minimum atomic E-state index is 0.155. The first-order valence-electron chi connectivity index (χ1n) is 4.96. The van der Waals surface area contributed by atoms with Crippen LogP contribution >= 0.6 is 11.3 Å². The second-order valence-corrected chi connectivity index (χ2v) is 5.06. The molecule has 0 aliphatic rings. The lowest BCUT2D eigenvalue weighted by atomic mass is 10.0. The van der Waals surface area contributed by atoms with E-state index in [0.29, 0.717) is 5.92 Å². The molecule has 2 aromatic rings. The quantitative estimate of drug-likeness (QED) is 0.589. The number of nitrogens with two attached hydrogens (primary N) is 1. The van der Waals surface area contributed by atoms with E-state index in [1.807, 2.05) is 6.07 Å². The molecule has 3 N–H and O–H groups in total. The number of rotatable bonds is 2. The van der Waals surface area contributed by atoms with Crippen LogP contribution in [0.3, 0.4) is 0 Å². The van der Waals surface area contributed by atoms with Crippen LogP contribution in [0.2, 0.25) is 0 Å². The topological polar surface area (TPSA) is 49.9 Å². The average molecular weight is 218 g/mol. The number of nitrogen functional groups attached to an aromatic ring is 1. The Morgan fingerprint density at radius 2 is 2.07 bits per heavy atom. The normalized spacial score (nSPS) is 11.1. The predicted octanol–water partition coefficient (Wildman–Crippen LogP) is 3.31. The van der Waals surface area contributed by atoms with Gasteiger partial charge in [-0.25, -0.2) is 0 Å². The summed E-state index contributed by atoms with van der Waals surface area (Å²) in [7, 11) is 0. The molecule has 1 heterocycles. The molecule has 0 radical (unpaired) electrons. The molecule has 1 aromatic carbocycles. The van der Waals surface area contributed by atoms with Crippen LogP contribution in [0.4, 0.5) is 0 Å². The summed E-state index contributed by atoms with van der Waals surface area (Å²) in [5, 5.41) is 8.59. The number of thiophene rings is 1. The molecule has 0 bridgehead atoms. The summed E-state index contributed by atoms with van der Waals surface area (Å²) in [4.78, 5) is 0.853. The Hall–Kier alpha value is -1.35. The molecule has 0 aliphatic carbocycles. The molecule has 78 valence electrons. The number of fused-ring (bicyclic) bond motifs is 1. The maximum absolute atomic E-state index is 7.39. The molecule has 3 heteroatoms. The van der Waals surface area contributed by atoms with Crippen molar-refractivity contribution in [2.45, 2.75) is 19.8 Å². The Kier molecular flexibility index (Phi) is 2.49. The number of benzene rings is 1. The van der Waals surface area contributed by atoms with E-state index in [1.165, 1.54) is 15.6 Å². The van der Waals surface area contributed by atoms with Crippen LogP contribution in [0.1, 0.15) is 30.2 Å². The van der Waals surface area contributed by atoms with Gasteiger partial charge in [-0.1, -0.05) is 26.0 Å². The lowest BCUT2D eigenvalue weighted by Crippen LogP contribution is -2.08. The van der Waals surface area contributed by atoms with Gasteiger partial charge >= 0.3 is 0 Å². The average Bonchev–Trinajstić information content (AvgIpc) is 2.59. The summed E-state index contributed by atoms with van der Waals surface area (Å²) in [5.41, 5.74) is 6.80. The fourth-order valence-electron chi connectivity index (χ4n) is 1.55. The monoisotopic (exact) mass is 218 g/mol. The van der Waals surface area contributed by atoms with Gasteiger partial charge in [-0.3, -0.25) is 5.41 Å². The van der Waals surface area contributed by atoms with E-state index in [1.54, 1.807) is 11.3 Å². The minimum Gasteiger partial charge on any atom is -0.383 e. The lowest BCUT2D eigenvalue weighted by Gasteiger charge is -2.03. The lowest BCUT2D eigenvalue weighted by molar-refractivity contribution is 0.869. The van der Waals surface area contributed by atoms with Gasteiger partial charge in [0.25, 0.3) is 0 Å². The van der Waals surface area contributed by atoms with E-state index in [9.17, 15) is 0 Å². The van der Waals surface area contributed by atoms with Crippen LogP contribution in [0.15, 0.2) is 24.3 Å². The van der Waals surface area contributed by atoms with Gasteiger partial charge in [0.2, 0.25) is 0 Å². The van der Waals surface area contributed by atoms with Crippen LogP contribution in [0, 0.1) is 5.41 Å². The highest BCUT2D eigenvalue weighted by atomic mass is 32.1. The van der Waals surface area contributed by atoms with Crippen molar-refractivity contribution in [2.75, 3.05) is 0 Å². The highest BCUT2D eigenvalue weighted by molar-refractivity contribution is 7.20. The number of nitrogens with one attached hydrogen (secondary N) is 1. The van der Waals surface area contributed by atoms with Crippen molar-refractivity contribution in [3.05, 3.63) is 34.7 Å². The van der Waals surface area contributed by atoms with Gasteiger partial charge in [-0.05, 0) is 29.0 Å². The van der Waals surface area contributed by atoms with Gasteiger partial charge in [0, 0.05) is 4.70 Å². The summed E-state index contributed by atoms with van der Waals surface area (Å²) in [6, 6.07) is 8.44. The maximum atomic E-state index is 7.39. The van der Waals surface area contributed by atoms with E-state index >= 15 is 0 Å². The van der Waals surface area contributed by atoms with Crippen molar-refractivity contribution < 1.29 is 0 Å². The van der Waals surface area contributed by atoms with E-state index < -0.39 is 0 Å². The maximum Gasteiger partial charge on any atom is 0.133 e. The molecule has 0 amide bonds. The fraction of sp³-hybridized carbons (Fsp3) is 0.250. The van der Waals surface area contributed by atoms with Crippen molar-refractivity contribution in [1.82, 2.24) is 0 Å². The Bertz CT molecular complexity index is 511. The zero-order valence-electron chi connectivity index (χ0n) is 8.87. The van der Waals surface area contributed by atoms with Gasteiger partial charge in [0.05, 0.1) is 4.88 Å². The third kappa shape index (κ3) is 1.88. The summed E-state index contributed by atoms with van der Waals surface area (Å²) in [5.74, 6) is 0.692. The van der Waals surface area contributed by atoms with Gasteiger partial charge in [0.15, 0.2) is 0 Å². The van der Waals surface area contributed by atoms with E-state index in [-0.39, 0.29) is 5.84 Å². The van der Waals surface area contributed by atoms with Crippen molar-refractivity contribution >= 4 is 27.3 Å². The highest BCUT2D eigenvalue weighted by Gasteiger charge is 2.06. The standard InChI is InChI=1S/C12H14N2S/c1-7(2)8-3-4-10-9(5-8)6-11(15-10)12(13)14/h3-7H,1-2H3,(H3,13,14). The SMILES string of the molecule is CC(C)c1ccc2sc(C(=N)N)cc2c1. The van der Waals surface area contributed by atoms with E-state index in [4.69, 9.17) is 11.1 Å². The predicted molar refractivity (Wildman–Crippen MR) is 66.9 cm³/mol. The van der Waals surface area contributed by atoms with E-state index in [0.717, 1.165) is 4.88 Å². The highest BCUT2D eigenvalue weighted by Crippen LogP contribution is 2.28. The van der Waals surface area contributed by atoms with Gasteiger partial charge < -0.3 is 5.73 Å². The van der Waals surface area contributed by atoms with Crippen LogP contribution in [-0.2, 0) is 0 Å². The number of hydrogen-bond donors (Lipinski definition) is 2. The zero-order valence-corrected chi connectivity index (χ0v) is 9.69. The molecule has 0 atom stereocenters. The minimum absolute atomic E-state index is 0.155. The van der Waals surface area contributed by atoms with Crippen LogP contribution in [0.5, 0.6) is 0 Å². The molecule has 2 rings (SSSR count). The van der Waals surface area contributed by atoms with Crippen LogP contribution in [-0.4, -0.2) is 5.84 Å². The Balaban J connectivity index is 2.57. The first-order chi connectivity index (χ1) is 7.08. The molecule has 0 unspecified atom stereocenters. The third-order valence-electron chi connectivity index (χ3n) is 2.47. The molecule has 15 heavy (non-hydrogen) atoms. The number of hydrogen-bond acceptors (Lipinski definition) is 2. The van der Waals surface area contributed by atoms with Crippen molar-refractivity contribution in [2.24, 2.45) is 5.73 Å². The van der Waals surface area contributed by atoms with Gasteiger partial charge in [-0.2, -0.15) is 0 Å². The summed E-state index contributed by atoms with van der Waals surface area (Å²) >= 11 is 1.58. The second-order valence-electron chi connectivity index (χ2n) is 3.98. The Morgan fingerprint density at radius 3 is 2.67 bits per heavy atom. The Morgan fingerprint density at radius 1 is 1.33 bits per heavy atom. The van der Waals surface area contributed by atoms with Gasteiger partial charge in [0.1, 0.15) is 5.84 Å². The van der Waals surface area contributed by atoms with Crippen LogP contribution in [0.25, 0.3) is 10.1 Å². The Labute approximate surface area is 93.2 Å². The fourth-order valence-corrected chi connectivity index (χ4v) is 2.46.